The second-order valence-electron chi connectivity index (χ2n) is 4.37. The van der Waals surface area contributed by atoms with Crippen molar-refractivity contribution < 1.29 is 0 Å². The minimum absolute atomic E-state index is 0.334. The lowest BCUT2D eigenvalue weighted by molar-refractivity contribution is 0.926. The summed E-state index contributed by atoms with van der Waals surface area (Å²) in [5.74, 6) is 0.334. The normalized spacial score (nSPS) is 11.2. The Morgan fingerprint density at radius 1 is 1.10 bits per heavy atom. The first-order chi connectivity index (χ1) is 9.75. The van der Waals surface area contributed by atoms with Crippen molar-refractivity contribution in [2.75, 3.05) is 5.73 Å². The first-order valence-electron chi connectivity index (χ1n) is 6.18. The van der Waals surface area contributed by atoms with Crippen molar-refractivity contribution >= 4 is 17.2 Å². The molecule has 0 aliphatic rings. The molecule has 100 valence electrons. The fraction of sp³-hybridized carbons (Fsp3) is 0.0714. The summed E-state index contributed by atoms with van der Waals surface area (Å²) >= 11 is 0. The van der Waals surface area contributed by atoms with Gasteiger partial charge in [0.2, 0.25) is 0 Å². The Kier molecular flexibility index (Phi) is 3.04. The molecule has 0 aliphatic heterocycles. The van der Waals surface area contributed by atoms with Gasteiger partial charge >= 0.3 is 0 Å². The van der Waals surface area contributed by atoms with Gasteiger partial charge in [-0.1, -0.05) is 18.2 Å². The monoisotopic (exact) mass is 266 g/mol. The quantitative estimate of drug-likeness (QED) is 0.712. The molecule has 0 bridgehead atoms. The zero-order valence-corrected chi connectivity index (χ0v) is 11.0. The molecule has 20 heavy (non-hydrogen) atoms. The zero-order valence-electron chi connectivity index (χ0n) is 11.0. The molecule has 0 amide bonds. The number of nitrogen functional groups attached to an aromatic ring is 1. The first kappa shape index (κ1) is 12.2. The Morgan fingerprint density at radius 3 is 2.60 bits per heavy atom. The van der Waals surface area contributed by atoms with Gasteiger partial charge in [-0.15, -0.1) is 5.11 Å². The lowest BCUT2D eigenvalue weighted by Gasteiger charge is -2.01. The summed E-state index contributed by atoms with van der Waals surface area (Å²) in [7, 11) is 1.95. The predicted molar refractivity (Wildman–Crippen MR) is 78.0 cm³/mol. The lowest BCUT2D eigenvalue weighted by Crippen LogP contribution is -1.89. The van der Waals surface area contributed by atoms with Gasteiger partial charge in [0.1, 0.15) is 5.69 Å². The van der Waals surface area contributed by atoms with E-state index in [4.69, 9.17) is 5.73 Å². The number of benzene rings is 1. The van der Waals surface area contributed by atoms with E-state index in [1.807, 2.05) is 60.3 Å². The molecule has 6 nitrogen and oxygen atoms in total. The topological polar surface area (TPSA) is 84.3 Å². The molecule has 2 heterocycles. The van der Waals surface area contributed by atoms with Gasteiger partial charge in [-0.3, -0.25) is 5.10 Å². The van der Waals surface area contributed by atoms with E-state index in [2.05, 4.69) is 20.4 Å². The summed E-state index contributed by atoms with van der Waals surface area (Å²) in [5.41, 5.74) is 8.89. The SMILES string of the molecule is Cn1cccc1-c1[nH]nc(N)c1N=Nc1ccccc1. The highest BCUT2D eigenvalue weighted by molar-refractivity contribution is 5.77. The number of nitrogens with zero attached hydrogens (tertiary/aromatic N) is 4. The van der Waals surface area contributed by atoms with Crippen LogP contribution in [0.3, 0.4) is 0 Å². The van der Waals surface area contributed by atoms with Crippen molar-refractivity contribution in [1.82, 2.24) is 14.8 Å². The molecule has 2 aromatic heterocycles. The third-order valence-electron chi connectivity index (χ3n) is 2.99. The Hall–Kier alpha value is -2.89. The molecule has 0 radical (unpaired) electrons. The van der Waals surface area contributed by atoms with Crippen molar-refractivity contribution in [2.45, 2.75) is 0 Å². The molecule has 0 atom stereocenters. The van der Waals surface area contributed by atoms with Crippen LogP contribution in [0.5, 0.6) is 0 Å². The van der Waals surface area contributed by atoms with Crippen LogP contribution in [-0.4, -0.2) is 14.8 Å². The maximum Gasteiger partial charge on any atom is 0.173 e. The van der Waals surface area contributed by atoms with Crippen LogP contribution in [0.1, 0.15) is 0 Å². The number of nitrogens with one attached hydrogen (secondary N) is 1. The smallest absolute Gasteiger partial charge is 0.173 e. The molecule has 0 spiro atoms. The van der Waals surface area contributed by atoms with E-state index in [-0.39, 0.29) is 0 Å². The minimum Gasteiger partial charge on any atom is -0.380 e. The van der Waals surface area contributed by atoms with Crippen LogP contribution in [0.15, 0.2) is 58.9 Å². The highest BCUT2D eigenvalue weighted by Crippen LogP contribution is 2.33. The third kappa shape index (κ3) is 2.18. The van der Waals surface area contributed by atoms with Gasteiger partial charge in [-0.2, -0.15) is 10.2 Å². The number of rotatable bonds is 3. The van der Waals surface area contributed by atoms with Crippen LogP contribution >= 0.6 is 0 Å². The molecule has 3 N–H and O–H groups in total. The van der Waals surface area contributed by atoms with E-state index in [0.717, 1.165) is 17.1 Å². The lowest BCUT2D eigenvalue weighted by atomic mass is 10.2. The number of nitrogens with two attached hydrogens (primary N) is 1. The van der Waals surface area contributed by atoms with Crippen LogP contribution in [0.2, 0.25) is 0 Å². The van der Waals surface area contributed by atoms with Crippen LogP contribution in [0, 0.1) is 0 Å². The molecule has 0 unspecified atom stereocenters. The van der Waals surface area contributed by atoms with Gasteiger partial charge in [0, 0.05) is 13.2 Å². The Morgan fingerprint density at radius 2 is 1.90 bits per heavy atom. The summed E-state index contributed by atoms with van der Waals surface area (Å²) in [4.78, 5) is 0. The van der Waals surface area contributed by atoms with Crippen molar-refractivity contribution in [3.63, 3.8) is 0 Å². The highest BCUT2D eigenvalue weighted by Gasteiger charge is 2.14. The molecule has 3 rings (SSSR count). The number of H-pyrrole nitrogens is 1. The predicted octanol–water partition coefficient (Wildman–Crippen LogP) is 3.41. The van der Waals surface area contributed by atoms with E-state index in [9.17, 15) is 0 Å². The number of aryl methyl sites for hydroxylation is 1. The molecule has 3 aromatic rings. The minimum atomic E-state index is 0.334. The second kappa shape index (κ2) is 5.00. The fourth-order valence-electron chi connectivity index (χ4n) is 1.95. The maximum absolute atomic E-state index is 5.86. The Balaban J connectivity index is 2.00. The van der Waals surface area contributed by atoms with E-state index in [1.54, 1.807) is 0 Å². The van der Waals surface area contributed by atoms with E-state index >= 15 is 0 Å². The Labute approximate surface area is 116 Å². The highest BCUT2D eigenvalue weighted by atomic mass is 15.2. The fourth-order valence-corrected chi connectivity index (χ4v) is 1.95. The van der Waals surface area contributed by atoms with Gasteiger partial charge < -0.3 is 10.3 Å². The van der Waals surface area contributed by atoms with E-state index in [1.165, 1.54) is 0 Å². The number of aromatic nitrogens is 3. The summed E-state index contributed by atoms with van der Waals surface area (Å²) < 4.78 is 1.97. The molecular weight excluding hydrogens is 252 g/mol. The number of anilines is 1. The zero-order chi connectivity index (χ0) is 13.9. The summed E-state index contributed by atoms with van der Waals surface area (Å²) in [6.45, 7) is 0. The molecule has 1 aromatic carbocycles. The first-order valence-corrected chi connectivity index (χ1v) is 6.18. The van der Waals surface area contributed by atoms with Crippen LogP contribution in [0.4, 0.5) is 17.2 Å². The Bertz CT molecular complexity index is 738. The van der Waals surface area contributed by atoms with Crippen molar-refractivity contribution in [2.24, 2.45) is 17.3 Å². The molecule has 6 heteroatoms. The number of hydrogen-bond donors (Lipinski definition) is 2. The van der Waals surface area contributed by atoms with Crippen molar-refractivity contribution in [3.05, 3.63) is 48.7 Å². The maximum atomic E-state index is 5.86. The molecule has 0 saturated carbocycles. The summed E-state index contributed by atoms with van der Waals surface area (Å²) in [5, 5.41) is 15.3. The molecule has 0 saturated heterocycles. The molecule has 0 fully saturated rings. The summed E-state index contributed by atoms with van der Waals surface area (Å²) in [6.07, 6.45) is 1.95. The van der Waals surface area contributed by atoms with Gasteiger partial charge in [0.15, 0.2) is 11.5 Å². The van der Waals surface area contributed by atoms with Crippen molar-refractivity contribution in [1.29, 1.82) is 0 Å². The van der Waals surface area contributed by atoms with Gasteiger partial charge in [-0.25, -0.2) is 0 Å². The number of aromatic amines is 1. The van der Waals surface area contributed by atoms with Gasteiger partial charge in [0.05, 0.1) is 11.4 Å². The molecular formula is C14H14N6. The largest absolute Gasteiger partial charge is 0.380 e. The van der Waals surface area contributed by atoms with Crippen LogP contribution in [-0.2, 0) is 7.05 Å². The number of azo groups is 1. The van der Waals surface area contributed by atoms with Crippen molar-refractivity contribution in [3.8, 4) is 11.4 Å². The van der Waals surface area contributed by atoms with E-state index in [0.29, 0.717) is 11.5 Å². The van der Waals surface area contributed by atoms with Gasteiger partial charge in [0.25, 0.3) is 0 Å². The second-order valence-corrected chi connectivity index (χ2v) is 4.37. The van der Waals surface area contributed by atoms with Crippen LogP contribution < -0.4 is 5.73 Å². The molecule has 0 aliphatic carbocycles. The van der Waals surface area contributed by atoms with E-state index < -0.39 is 0 Å². The summed E-state index contributed by atoms with van der Waals surface area (Å²) in [6, 6.07) is 13.4. The average Bonchev–Trinajstić information content (AvgIpc) is 3.04. The third-order valence-corrected chi connectivity index (χ3v) is 2.99. The standard InChI is InChI=1S/C14H14N6/c1-20-9-5-8-11(20)12-13(14(15)19-17-12)18-16-10-6-3-2-4-7-10/h2-9H,1H3,(H3,15,17,19). The van der Waals surface area contributed by atoms with Gasteiger partial charge in [-0.05, 0) is 24.3 Å². The number of hydrogen-bond acceptors (Lipinski definition) is 4. The average molecular weight is 266 g/mol. The van der Waals surface area contributed by atoms with Crippen LogP contribution in [0.25, 0.3) is 11.4 Å².